The maximum atomic E-state index is 11.9. The number of benzene rings is 1. The van der Waals surface area contributed by atoms with E-state index in [1.807, 2.05) is 45.9 Å². The number of nitrogen functional groups attached to an aromatic ring is 1. The summed E-state index contributed by atoms with van der Waals surface area (Å²) in [5, 5.41) is 2.21. The number of hydrogen-bond donors (Lipinski definition) is 2. The van der Waals surface area contributed by atoms with E-state index >= 15 is 0 Å². The van der Waals surface area contributed by atoms with E-state index in [-0.39, 0.29) is 6.03 Å². The van der Waals surface area contributed by atoms with Gasteiger partial charge in [-0.3, -0.25) is 10.1 Å². The molecule has 1 aromatic rings. The van der Waals surface area contributed by atoms with E-state index in [1.165, 1.54) is 11.1 Å². The molecule has 5 nitrogen and oxygen atoms in total. The van der Waals surface area contributed by atoms with Gasteiger partial charge in [0.15, 0.2) is 0 Å². The summed E-state index contributed by atoms with van der Waals surface area (Å²) in [5.41, 5.74) is 8.95. The highest BCUT2D eigenvalue weighted by atomic mass is 16.2. The Morgan fingerprint density at radius 3 is 2.48 bits per heavy atom. The fourth-order valence-electron chi connectivity index (χ4n) is 2.33. The summed E-state index contributed by atoms with van der Waals surface area (Å²) in [7, 11) is 0. The number of anilines is 1. The van der Waals surface area contributed by atoms with E-state index in [0.29, 0.717) is 25.4 Å². The second kappa shape index (κ2) is 11.5. The Hall–Kier alpha value is -2.04. The summed E-state index contributed by atoms with van der Waals surface area (Å²) in [6, 6.07) is 5.53. The lowest BCUT2D eigenvalue weighted by molar-refractivity contribution is -0.108. The molecule has 0 bridgehead atoms. The summed E-state index contributed by atoms with van der Waals surface area (Å²) < 4.78 is 0. The quantitative estimate of drug-likeness (QED) is 0.598. The maximum absolute atomic E-state index is 11.9. The number of aryl methyl sites for hydroxylation is 1. The van der Waals surface area contributed by atoms with E-state index < -0.39 is 0 Å². The fourth-order valence-corrected chi connectivity index (χ4v) is 2.33. The molecule has 0 radical (unpaired) electrons. The highest BCUT2D eigenvalue weighted by Gasteiger charge is 2.14. The summed E-state index contributed by atoms with van der Waals surface area (Å²) in [6.45, 7) is 11.4. The summed E-state index contributed by atoms with van der Waals surface area (Å²) in [4.78, 5) is 24.0. The topological polar surface area (TPSA) is 75.4 Å². The number of imide groups is 1. The third-order valence-electron chi connectivity index (χ3n) is 3.32. The minimum atomic E-state index is -0.341. The Balaban J connectivity index is 0.00000232. The first-order chi connectivity index (χ1) is 11.0. The van der Waals surface area contributed by atoms with E-state index in [9.17, 15) is 9.59 Å². The van der Waals surface area contributed by atoms with Crippen molar-refractivity contribution in [2.75, 3.05) is 18.8 Å². The van der Waals surface area contributed by atoms with Crippen molar-refractivity contribution >= 4 is 18.1 Å². The first-order valence-electron chi connectivity index (χ1n) is 8.34. The summed E-state index contributed by atoms with van der Waals surface area (Å²) in [6.07, 6.45) is 2.09. The van der Waals surface area contributed by atoms with Gasteiger partial charge < -0.3 is 10.6 Å². The van der Waals surface area contributed by atoms with Gasteiger partial charge in [-0.1, -0.05) is 40.7 Å². The van der Waals surface area contributed by atoms with Gasteiger partial charge in [-0.05, 0) is 42.0 Å². The van der Waals surface area contributed by atoms with Gasteiger partial charge in [0.25, 0.3) is 0 Å². The number of nitrogens with one attached hydrogen (secondary N) is 1. The van der Waals surface area contributed by atoms with Crippen molar-refractivity contribution < 1.29 is 9.59 Å². The number of nitrogens with zero attached hydrogens (tertiary/aromatic N) is 1. The average Bonchev–Trinajstić information content (AvgIpc) is 2.54. The first kappa shape index (κ1) is 21.0. The predicted octanol–water partition coefficient (Wildman–Crippen LogP) is 3.22. The van der Waals surface area contributed by atoms with Gasteiger partial charge in [0, 0.05) is 18.8 Å². The van der Waals surface area contributed by atoms with Crippen molar-refractivity contribution in [1.29, 1.82) is 0 Å². The van der Waals surface area contributed by atoms with Crippen molar-refractivity contribution in [1.82, 2.24) is 10.2 Å². The van der Waals surface area contributed by atoms with Gasteiger partial charge in [0.1, 0.15) is 0 Å². The van der Waals surface area contributed by atoms with Gasteiger partial charge in [-0.2, -0.15) is 0 Å². The normalized spacial score (nSPS) is 9.83. The largest absolute Gasteiger partial charge is 0.399 e. The van der Waals surface area contributed by atoms with E-state index in [2.05, 4.69) is 12.2 Å². The van der Waals surface area contributed by atoms with Crippen LogP contribution in [0.4, 0.5) is 10.5 Å². The standard InChI is InChI=1S/C16H25N3O2.C2H6/c1-4-13-9-15(17)6-5-14(13)7-8-19(10-12(2)3)16(21)18-11-20;1-2/h5-6,9,11-12H,4,7-8,10,17H2,1-3H3,(H,18,20,21);1-2H3. The number of carbonyl (C=O) groups excluding carboxylic acids is 2. The Morgan fingerprint density at radius 1 is 1.30 bits per heavy atom. The van der Waals surface area contributed by atoms with Crippen LogP contribution in [0.3, 0.4) is 0 Å². The Labute approximate surface area is 140 Å². The number of nitrogens with two attached hydrogens (primary N) is 1. The highest BCUT2D eigenvalue weighted by molar-refractivity contribution is 5.84. The Morgan fingerprint density at radius 2 is 1.96 bits per heavy atom. The lowest BCUT2D eigenvalue weighted by atomic mass is 10.0. The number of carbonyl (C=O) groups is 2. The smallest absolute Gasteiger partial charge is 0.323 e. The molecule has 0 saturated heterocycles. The van der Waals surface area contributed by atoms with Crippen LogP contribution in [0.15, 0.2) is 18.2 Å². The van der Waals surface area contributed by atoms with Crippen molar-refractivity contribution in [3.63, 3.8) is 0 Å². The molecule has 0 aliphatic carbocycles. The zero-order valence-electron chi connectivity index (χ0n) is 15.1. The zero-order valence-corrected chi connectivity index (χ0v) is 15.1. The molecule has 5 heteroatoms. The van der Waals surface area contributed by atoms with Crippen LogP contribution >= 0.6 is 0 Å². The molecule has 0 aliphatic heterocycles. The van der Waals surface area contributed by atoms with Crippen molar-refractivity contribution in [2.24, 2.45) is 5.92 Å². The van der Waals surface area contributed by atoms with Crippen LogP contribution in [0, 0.1) is 5.92 Å². The zero-order chi connectivity index (χ0) is 17.8. The van der Waals surface area contributed by atoms with Crippen LogP contribution in [0.5, 0.6) is 0 Å². The van der Waals surface area contributed by atoms with E-state index in [1.54, 1.807) is 4.90 Å². The molecule has 3 N–H and O–H groups in total. The molecule has 0 saturated carbocycles. The third-order valence-corrected chi connectivity index (χ3v) is 3.32. The van der Waals surface area contributed by atoms with Gasteiger partial charge in [0.05, 0.1) is 0 Å². The Kier molecular flexibility index (Phi) is 10.5. The van der Waals surface area contributed by atoms with Gasteiger partial charge in [-0.15, -0.1) is 0 Å². The molecule has 0 heterocycles. The molecule has 0 atom stereocenters. The number of rotatable bonds is 7. The molecule has 130 valence electrons. The monoisotopic (exact) mass is 321 g/mol. The molecule has 3 amide bonds. The molecular weight excluding hydrogens is 290 g/mol. The second-order valence-corrected chi connectivity index (χ2v) is 5.54. The minimum Gasteiger partial charge on any atom is -0.399 e. The van der Waals surface area contributed by atoms with Crippen LogP contribution in [0.25, 0.3) is 0 Å². The lowest BCUT2D eigenvalue weighted by Gasteiger charge is -2.24. The van der Waals surface area contributed by atoms with Gasteiger partial charge >= 0.3 is 6.03 Å². The van der Waals surface area contributed by atoms with E-state index in [4.69, 9.17) is 5.73 Å². The van der Waals surface area contributed by atoms with Gasteiger partial charge in [-0.25, -0.2) is 4.79 Å². The molecule has 1 aromatic carbocycles. The molecule has 0 spiro atoms. The average molecular weight is 321 g/mol. The molecule has 0 aromatic heterocycles. The predicted molar refractivity (Wildman–Crippen MR) is 96.3 cm³/mol. The number of urea groups is 1. The molecule has 0 fully saturated rings. The van der Waals surface area contributed by atoms with Crippen molar-refractivity contribution in [3.05, 3.63) is 29.3 Å². The SMILES string of the molecule is CC.CCc1cc(N)ccc1CCN(CC(C)C)C(=O)NC=O. The number of amides is 3. The Bertz CT molecular complexity index is 487. The lowest BCUT2D eigenvalue weighted by Crippen LogP contribution is -2.42. The minimum absolute atomic E-state index is 0.341. The molecule has 0 unspecified atom stereocenters. The first-order valence-corrected chi connectivity index (χ1v) is 8.34. The highest BCUT2D eigenvalue weighted by Crippen LogP contribution is 2.15. The maximum Gasteiger partial charge on any atom is 0.323 e. The third kappa shape index (κ3) is 7.68. The van der Waals surface area contributed by atoms with Crippen molar-refractivity contribution in [2.45, 2.75) is 47.5 Å². The summed E-state index contributed by atoms with van der Waals surface area (Å²) >= 11 is 0. The second-order valence-electron chi connectivity index (χ2n) is 5.54. The van der Waals surface area contributed by atoms with E-state index in [0.717, 1.165) is 18.5 Å². The van der Waals surface area contributed by atoms with Gasteiger partial charge in [0.2, 0.25) is 6.41 Å². The van der Waals surface area contributed by atoms with Crippen LogP contribution in [-0.4, -0.2) is 30.4 Å². The molecule has 1 rings (SSSR count). The van der Waals surface area contributed by atoms with Crippen molar-refractivity contribution in [3.8, 4) is 0 Å². The van der Waals surface area contributed by atoms with Crippen LogP contribution < -0.4 is 11.1 Å². The molecule has 0 aliphatic rings. The van der Waals surface area contributed by atoms with Crippen LogP contribution in [-0.2, 0) is 17.6 Å². The fraction of sp³-hybridized carbons (Fsp3) is 0.556. The molecular formula is C18H31N3O2. The van der Waals surface area contributed by atoms with Crippen LogP contribution in [0.2, 0.25) is 0 Å². The summed E-state index contributed by atoms with van der Waals surface area (Å²) in [5.74, 6) is 0.347. The number of hydrogen-bond acceptors (Lipinski definition) is 3. The van der Waals surface area contributed by atoms with Crippen LogP contribution in [0.1, 0.15) is 45.7 Å². The molecule has 23 heavy (non-hydrogen) atoms.